The Labute approximate surface area is 159 Å². The fourth-order valence-corrected chi connectivity index (χ4v) is 5.55. The second kappa shape index (κ2) is 7.69. The van der Waals surface area contributed by atoms with Crippen LogP contribution in [0.2, 0.25) is 0 Å². The van der Waals surface area contributed by atoms with Gasteiger partial charge < -0.3 is 14.7 Å². The van der Waals surface area contributed by atoms with Crippen LogP contribution in [0.15, 0.2) is 6.07 Å². The van der Waals surface area contributed by atoms with Crippen molar-refractivity contribution < 1.29 is 9.59 Å². The standard InChI is InChI=1S/C20H29N3O2S/c1-21-9-11-23(12-10-21)19(24)15-5-6-17-16(13-15)14-18(26-17)20(25)22-7-3-2-4-8-22/h14-15H,2-13H2,1H3. The molecular formula is C20H29N3O2S. The minimum Gasteiger partial charge on any atom is -0.340 e. The lowest BCUT2D eigenvalue weighted by molar-refractivity contribution is -0.137. The predicted molar refractivity (Wildman–Crippen MR) is 104 cm³/mol. The summed E-state index contributed by atoms with van der Waals surface area (Å²) in [5.74, 6) is 0.614. The topological polar surface area (TPSA) is 43.9 Å². The average Bonchev–Trinajstić information content (AvgIpc) is 3.11. The summed E-state index contributed by atoms with van der Waals surface area (Å²) in [5, 5.41) is 0. The third-order valence-electron chi connectivity index (χ3n) is 6.10. The van der Waals surface area contributed by atoms with Gasteiger partial charge in [-0.2, -0.15) is 0 Å². The van der Waals surface area contributed by atoms with E-state index < -0.39 is 0 Å². The SMILES string of the molecule is CN1CCN(C(=O)C2CCc3sc(C(=O)N4CCCCC4)cc3C2)CC1. The van der Waals surface area contributed by atoms with E-state index in [1.54, 1.807) is 11.3 Å². The fraction of sp³-hybridized carbons (Fsp3) is 0.700. The highest BCUT2D eigenvalue weighted by Crippen LogP contribution is 2.34. The van der Waals surface area contributed by atoms with Gasteiger partial charge in [-0.3, -0.25) is 9.59 Å². The number of likely N-dealkylation sites (tertiary alicyclic amines) is 1. The first-order chi connectivity index (χ1) is 12.6. The molecule has 0 saturated carbocycles. The van der Waals surface area contributed by atoms with Crippen LogP contribution in [0.1, 0.15) is 45.8 Å². The first-order valence-corrected chi connectivity index (χ1v) is 10.8. The Kier molecular flexibility index (Phi) is 5.32. The second-order valence-electron chi connectivity index (χ2n) is 7.98. The minimum absolute atomic E-state index is 0.0958. The third-order valence-corrected chi connectivity index (χ3v) is 7.33. The minimum atomic E-state index is 0.0958. The maximum Gasteiger partial charge on any atom is 0.263 e. The molecular weight excluding hydrogens is 346 g/mol. The molecule has 1 unspecified atom stereocenters. The normalized spacial score (nSPS) is 24.4. The van der Waals surface area contributed by atoms with Gasteiger partial charge in [0, 0.05) is 50.1 Å². The molecule has 1 aromatic heterocycles. The van der Waals surface area contributed by atoms with Gasteiger partial charge in [-0.15, -0.1) is 11.3 Å². The van der Waals surface area contributed by atoms with E-state index in [1.807, 2.05) is 9.80 Å². The Balaban J connectivity index is 1.41. The number of hydrogen-bond acceptors (Lipinski definition) is 4. The fourth-order valence-electron chi connectivity index (χ4n) is 4.38. The molecule has 3 aliphatic rings. The maximum atomic E-state index is 12.9. The monoisotopic (exact) mass is 375 g/mol. The Morgan fingerprint density at radius 1 is 1.00 bits per heavy atom. The number of aryl methyl sites for hydroxylation is 1. The zero-order chi connectivity index (χ0) is 18.1. The summed E-state index contributed by atoms with van der Waals surface area (Å²) < 4.78 is 0. The van der Waals surface area contributed by atoms with E-state index in [9.17, 15) is 9.59 Å². The van der Waals surface area contributed by atoms with Crippen LogP contribution in [0.25, 0.3) is 0 Å². The number of carbonyl (C=O) groups is 2. The molecule has 2 aliphatic heterocycles. The summed E-state index contributed by atoms with van der Waals surface area (Å²) in [6.07, 6.45) is 6.16. The molecule has 6 heteroatoms. The second-order valence-corrected chi connectivity index (χ2v) is 9.12. The van der Waals surface area contributed by atoms with Gasteiger partial charge in [-0.1, -0.05) is 0 Å². The molecule has 0 N–H and O–H groups in total. The number of nitrogens with zero attached hydrogens (tertiary/aromatic N) is 3. The summed E-state index contributed by atoms with van der Waals surface area (Å²) in [7, 11) is 2.11. The zero-order valence-electron chi connectivity index (χ0n) is 15.7. The lowest BCUT2D eigenvalue weighted by Crippen LogP contribution is -2.49. The Bertz CT molecular complexity index is 673. The quantitative estimate of drug-likeness (QED) is 0.796. The van der Waals surface area contributed by atoms with Gasteiger partial charge in [-0.05, 0) is 57.2 Å². The van der Waals surface area contributed by atoms with E-state index in [4.69, 9.17) is 0 Å². The van der Waals surface area contributed by atoms with Crippen molar-refractivity contribution in [3.63, 3.8) is 0 Å². The van der Waals surface area contributed by atoms with Crippen molar-refractivity contribution in [2.45, 2.75) is 38.5 Å². The number of hydrogen-bond donors (Lipinski definition) is 0. The van der Waals surface area contributed by atoms with E-state index >= 15 is 0 Å². The molecule has 1 aliphatic carbocycles. The number of amides is 2. The molecule has 0 radical (unpaired) electrons. The number of fused-ring (bicyclic) bond motifs is 1. The molecule has 2 amide bonds. The molecule has 0 spiro atoms. The van der Waals surface area contributed by atoms with Gasteiger partial charge in [0.15, 0.2) is 0 Å². The van der Waals surface area contributed by atoms with E-state index in [0.717, 1.165) is 76.2 Å². The number of carbonyl (C=O) groups excluding carboxylic acids is 2. The smallest absolute Gasteiger partial charge is 0.263 e. The van der Waals surface area contributed by atoms with Crippen molar-refractivity contribution in [1.29, 1.82) is 0 Å². The molecule has 1 atom stereocenters. The van der Waals surface area contributed by atoms with Gasteiger partial charge in [0.2, 0.25) is 5.91 Å². The van der Waals surface area contributed by atoms with Crippen molar-refractivity contribution in [2.24, 2.45) is 5.92 Å². The van der Waals surface area contributed by atoms with Gasteiger partial charge in [0.25, 0.3) is 5.91 Å². The number of piperidine rings is 1. The van der Waals surface area contributed by atoms with Gasteiger partial charge in [0.1, 0.15) is 0 Å². The van der Waals surface area contributed by atoms with E-state index in [1.165, 1.54) is 16.9 Å². The Hall–Kier alpha value is -1.40. The van der Waals surface area contributed by atoms with Crippen LogP contribution in [0.5, 0.6) is 0 Å². The van der Waals surface area contributed by atoms with Crippen LogP contribution < -0.4 is 0 Å². The Morgan fingerprint density at radius 2 is 1.73 bits per heavy atom. The third kappa shape index (κ3) is 3.67. The van der Waals surface area contributed by atoms with Gasteiger partial charge in [0.05, 0.1) is 4.88 Å². The summed E-state index contributed by atoms with van der Waals surface area (Å²) in [4.78, 5) is 34.2. The molecule has 3 heterocycles. The van der Waals surface area contributed by atoms with Crippen LogP contribution in [-0.4, -0.2) is 72.8 Å². The highest BCUT2D eigenvalue weighted by Gasteiger charge is 2.32. The first-order valence-electron chi connectivity index (χ1n) is 10.00. The van der Waals surface area contributed by atoms with Crippen molar-refractivity contribution in [2.75, 3.05) is 46.3 Å². The summed E-state index contributed by atoms with van der Waals surface area (Å²) in [5.41, 5.74) is 1.24. The summed E-state index contributed by atoms with van der Waals surface area (Å²) in [6, 6.07) is 2.08. The van der Waals surface area contributed by atoms with Gasteiger partial charge >= 0.3 is 0 Å². The van der Waals surface area contributed by atoms with Crippen LogP contribution in [0.3, 0.4) is 0 Å². The number of likely N-dealkylation sites (N-methyl/N-ethyl adjacent to an activating group) is 1. The van der Waals surface area contributed by atoms with E-state index in [-0.39, 0.29) is 11.8 Å². The molecule has 0 aromatic carbocycles. The largest absolute Gasteiger partial charge is 0.340 e. The number of thiophene rings is 1. The molecule has 2 saturated heterocycles. The van der Waals surface area contributed by atoms with E-state index in [0.29, 0.717) is 5.91 Å². The zero-order valence-corrected chi connectivity index (χ0v) is 16.5. The molecule has 26 heavy (non-hydrogen) atoms. The summed E-state index contributed by atoms with van der Waals surface area (Å²) >= 11 is 1.66. The van der Waals surface area contributed by atoms with Crippen molar-refractivity contribution in [3.05, 3.63) is 21.4 Å². The lowest BCUT2D eigenvalue weighted by atomic mass is 9.87. The average molecular weight is 376 g/mol. The molecule has 2 fully saturated rings. The summed E-state index contributed by atoms with van der Waals surface area (Å²) in [6.45, 7) is 5.42. The lowest BCUT2D eigenvalue weighted by Gasteiger charge is -2.35. The molecule has 0 bridgehead atoms. The Morgan fingerprint density at radius 3 is 2.46 bits per heavy atom. The number of rotatable bonds is 2. The highest BCUT2D eigenvalue weighted by molar-refractivity contribution is 7.14. The van der Waals surface area contributed by atoms with Crippen molar-refractivity contribution >= 4 is 23.2 Å². The van der Waals surface area contributed by atoms with Crippen LogP contribution in [0.4, 0.5) is 0 Å². The van der Waals surface area contributed by atoms with Crippen molar-refractivity contribution in [3.8, 4) is 0 Å². The van der Waals surface area contributed by atoms with E-state index in [2.05, 4.69) is 18.0 Å². The predicted octanol–water partition coefficient (Wildman–Crippen LogP) is 2.25. The maximum absolute atomic E-state index is 12.9. The van der Waals surface area contributed by atoms with Crippen LogP contribution >= 0.6 is 11.3 Å². The molecule has 1 aromatic rings. The van der Waals surface area contributed by atoms with Gasteiger partial charge in [-0.25, -0.2) is 0 Å². The molecule has 142 valence electrons. The van der Waals surface area contributed by atoms with Crippen molar-refractivity contribution in [1.82, 2.24) is 14.7 Å². The van der Waals surface area contributed by atoms with Crippen LogP contribution in [-0.2, 0) is 17.6 Å². The number of piperazine rings is 1. The van der Waals surface area contributed by atoms with Crippen LogP contribution in [0, 0.1) is 5.92 Å². The molecule has 4 rings (SSSR count). The first kappa shape index (κ1) is 18.0. The highest BCUT2D eigenvalue weighted by atomic mass is 32.1. The molecule has 5 nitrogen and oxygen atoms in total.